The molecule has 1 aliphatic heterocycles. The van der Waals surface area contributed by atoms with Crippen molar-refractivity contribution < 1.29 is 9.59 Å². The zero-order chi connectivity index (χ0) is 17.3. The predicted molar refractivity (Wildman–Crippen MR) is 92.8 cm³/mol. The smallest absolute Gasteiger partial charge is 0.264 e. The van der Waals surface area contributed by atoms with Crippen molar-refractivity contribution in [3.05, 3.63) is 39.1 Å². The van der Waals surface area contributed by atoms with E-state index in [1.165, 1.54) is 11.3 Å². The molecule has 7 heteroatoms. The third-order valence-corrected chi connectivity index (χ3v) is 5.34. The molecule has 0 radical (unpaired) electrons. The van der Waals surface area contributed by atoms with E-state index in [1.54, 1.807) is 0 Å². The average molecular weight is 346 g/mol. The summed E-state index contributed by atoms with van der Waals surface area (Å²) in [6, 6.07) is 3.87. The molecule has 3 rings (SSSR count). The summed E-state index contributed by atoms with van der Waals surface area (Å²) in [7, 11) is 1.95. The highest BCUT2D eigenvalue weighted by Crippen LogP contribution is 2.23. The third-order valence-electron chi connectivity index (χ3n) is 4.35. The summed E-state index contributed by atoms with van der Waals surface area (Å²) in [6.45, 7) is 5.51. The minimum atomic E-state index is 0.0147. The number of hydrogen-bond donors (Lipinski definition) is 1. The molecule has 24 heavy (non-hydrogen) atoms. The van der Waals surface area contributed by atoms with Gasteiger partial charge in [-0.15, -0.1) is 11.3 Å². The quantitative estimate of drug-likeness (QED) is 0.921. The number of carbonyl (C=O) groups excluding carboxylic acids is 2. The number of aryl methyl sites for hydroxylation is 1. The van der Waals surface area contributed by atoms with Crippen LogP contribution in [0.4, 0.5) is 0 Å². The number of nitrogens with one attached hydrogen (secondary N) is 1. The van der Waals surface area contributed by atoms with Crippen LogP contribution in [0, 0.1) is 6.92 Å². The van der Waals surface area contributed by atoms with E-state index in [2.05, 4.69) is 10.3 Å². The number of imidazole rings is 1. The Bertz CT molecular complexity index is 778. The summed E-state index contributed by atoms with van der Waals surface area (Å²) in [6.07, 6.45) is 1.22. The van der Waals surface area contributed by atoms with E-state index >= 15 is 0 Å². The van der Waals surface area contributed by atoms with Crippen molar-refractivity contribution in [1.29, 1.82) is 0 Å². The van der Waals surface area contributed by atoms with Crippen molar-refractivity contribution in [1.82, 2.24) is 19.8 Å². The first-order valence-electron chi connectivity index (χ1n) is 8.15. The zero-order valence-corrected chi connectivity index (χ0v) is 15.1. The number of thiophene rings is 1. The Morgan fingerprint density at radius 3 is 2.83 bits per heavy atom. The van der Waals surface area contributed by atoms with Crippen molar-refractivity contribution in [2.75, 3.05) is 6.54 Å². The normalized spacial score (nSPS) is 13.7. The van der Waals surface area contributed by atoms with E-state index in [0.29, 0.717) is 26.1 Å². The van der Waals surface area contributed by atoms with Crippen LogP contribution in [0.25, 0.3) is 0 Å². The van der Waals surface area contributed by atoms with Crippen molar-refractivity contribution in [3.63, 3.8) is 0 Å². The van der Waals surface area contributed by atoms with Crippen LogP contribution >= 0.6 is 11.3 Å². The van der Waals surface area contributed by atoms with Gasteiger partial charge in [-0.05, 0) is 19.1 Å². The van der Waals surface area contributed by atoms with E-state index in [0.717, 1.165) is 33.4 Å². The first-order valence-corrected chi connectivity index (χ1v) is 8.97. The number of fused-ring (bicyclic) bond motifs is 1. The molecule has 0 saturated heterocycles. The van der Waals surface area contributed by atoms with Gasteiger partial charge >= 0.3 is 0 Å². The minimum Gasteiger partial charge on any atom is -0.349 e. The molecule has 0 fully saturated rings. The van der Waals surface area contributed by atoms with Gasteiger partial charge in [0.05, 0.1) is 29.4 Å². The van der Waals surface area contributed by atoms with Gasteiger partial charge in [-0.25, -0.2) is 4.98 Å². The van der Waals surface area contributed by atoms with Gasteiger partial charge in [0, 0.05) is 31.3 Å². The Kier molecular flexibility index (Phi) is 4.71. The molecule has 1 aliphatic rings. The molecule has 2 aromatic heterocycles. The van der Waals surface area contributed by atoms with Crippen LogP contribution in [0.5, 0.6) is 0 Å². The predicted octanol–water partition coefficient (Wildman–Crippen LogP) is 2.01. The van der Waals surface area contributed by atoms with Gasteiger partial charge in [-0.1, -0.05) is 6.92 Å². The largest absolute Gasteiger partial charge is 0.349 e. The monoisotopic (exact) mass is 346 g/mol. The number of amides is 2. The average Bonchev–Trinajstić information content (AvgIpc) is 3.15. The fourth-order valence-corrected chi connectivity index (χ4v) is 3.72. The molecule has 128 valence electrons. The highest BCUT2D eigenvalue weighted by molar-refractivity contribution is 7.13. The molecule has 0 aromatic carbocycles. The summed E-state index contributed by atoms with van der Waals surface area (Å²) in [5.74, 6) is 0.935. The molecule has 0 saturated carbocycles. The lowest BCUT2D eigenvalue weighted by Gasteiger charge is -2.26. The first kappa shape index (κ1) is 16.7. The maximum absolute atomic E-state index is 12.6. The van der Waals surface area contributed by atoms with E-state index in [9.17, 15) is 9.59 Å². The summed E-state index contributed by atoms with van der Waals surface area (Å²) >= 11 is 1.53. The maximum Gasteiger partial charge on any atom is 0.264 e. The van der Waals surface area contributed by atoms with Crippen molar-refractivity contribution >= 4 is 23.2 Å². The second-order valence-electron chi connectivity index (χ2n) is 6.00. The fraction of sp³-hybridized carbons (Fsp3) is 0.471. The third kappa shape index (κ3) is 3.21. The lowest BCUT2D eigenvalue weighted by molar-refractivity contribution is -0.120. The van der Waals surface area contributed by atoms with E-state index in [-0.39, 0.29) is 11.8 Å². The lowest BCUT2D eigenvalue weighted by atomic mass is 10.1. The van der Waals surface area contributed by atoms with Crippen LogP contribution in [0.1, 0.15) is 45.1 Å². The second-order valence-corrected chi connectivity index (χ2v) is 7.29. The van der Waals surface area contributed by atoms with E-state index < -0.39 is 0 Å². The minimum absolute atomic E-state index is 0.0147. The lowest BCUT2D eigenvalue weighted by Crippen LogP contribution is -2.36. The molecule has 1 N–H and O–H groups in total. The highest BCUT2D eigenvalue weighted by Gasteiger charge is 2.26. The van der Waals surface area contributed by atoms with Crippen molar-refractivity contribution in [3.8, 4) is 0 Å². The molecule has 0 spiro atoms. The molecule has 2 aromatic rings. The zero-order valence-electron chi connectivity index (χ0n) is 14.3. The van der Waals surface area contributed by atoms with Crippen LogP contribution in [0.15, 0.2) is 12.1 Å². The summed E-state index contributed by atoms with van der Waals surface area (Å²) < 4.78 is 2.00. The van der Waals surface area contributed by atoms with Crippen molar-refractivity contribution in [2.45, 2.75) is 39.8 Å². The van der Waals surface area contributed by atoms with Gasteiger partial charge < -0.3 is 14.8 Å². The number of carbonyl (C=O) groups is 2. The molecule has 6 nitrogen and oxygen atoms in total. The van der Waals surface area contributed by atoms with Crippen LogP contribution in [-0.4, -0.2) is 32.8 Å². The number of rotatable bonds is 4. The highest BCUT2D eigenvalue weighted by atomic mass is 32.1. The maximum atomic E-state index is 12.6. The molecule has 0 unspecified atom stereocenters. The molecule has 0 aliphatic carbocycles. The number of aromatic nitrogens is 2. The Balaban J connectivity index is 1.74. The molecule has 2 amide bonds. The summed E-state index contributed by atoms with van der Waals surface area (Å²) in [5, 5.41) is 2.86. The number of hydrogen-bond acceptors (Lipinski definition) is 4. The number of nitrogens with zero attached hydrogens (tertiary/aromatic N) is 3. The van der Waals surface area contributed by atoms with E-state index in [4.69, 9.17) is 0 Å². The molecule has 0 bridgehead atoms. The Labute approximate surface area is 145 Å². The van der Waals surface area contributed by atoms with Gasteiger partial charge in [0.1, 0.15) is 5.82 Å². The van der Waals surface area contributed by atoms with Crippen LogP contribution in [-0.2, 0) is 31.4 Å². The first-order chi connectivity index (χ1) is 11.5. The molecular formula is C17H22N4O2S. The van der Waals surface area contributed by atoms with Gasteiger partial charge in [0.15, 0.2) is 0 Å². The molecule has 0 atom stereocenters. The summed E-state index contributed by atoms with van der Waals surface area (Å²) in [5.41, 5.74) is 2.09. The topological polar surface area (TPSA) is 67.2 Å². The standard InChI is InChI=1S/C17H22N4O2S/c1-4-16(22)18-9-15-19-12-7-8-21(10-13(12)20(15)3)17(23)14-6-5-11(2)24-14/h5-6H,4,7-10H2,1-3H3,(H,18,22). The SMILES string of the molecule is CCC(=O)NCc1nc2c(n1C)CN(C(=O)c1ccc(C)s1)CC2. The van der Waals surface area contributed by atoms with Crippen LogP contribution < -0.4 is 5.32 Å². The fourth-order valence-electron chi connectivity index (χ4n) is 2.88. The Morgan fingerprint density at radius 2 is 2.17 bits per heavy atom. The van der Waals surface area contributed by atoms with Gasteiger partial charge in [0.25, 0.3) is 5.91 Å². The Morgan fingerprint density at radius 1 is 1.38 bits per heavy atom. The van der Waals surface area contributed by atoms with Gasteiger partial charge in [0.2, 0.25) is 5.91 Å². The van der Waals surface area contributed by atoms with E-state index in [1.807, 2.05) is 42.5 Å². The van der Waals surface area contributed by atoms with Gasteiger partial charge in [-0.3, -0.25) is 9.59 Å². The van der Waals surface area contributed by atoms with Crippen LogP contribution in [0.2, 0.25) is 0 Å². The van der Waals surface area contributed by atoms with Crippen molar-refractivity contribution in [2.24, 2.45) is 7.05 Å². The Hall–Kier alpha value is -2.15. The molecular weight excluding hydrogens is 324 g/mol. The van der Waals surface area contributed by atoms with Gasteiger partial charge in [-0.2, -0.15) is 0 Å². The second kappa shape index (κ2) is 6.76. The van der Waals surface area contributed by atoms with Crippen LogP contribution in [0.3, 0.4) is 0 Å². The summed E-state index contributed by atoms with van der Waals surface area (Å²) in [4.78, 5) is 32.5. The molecule has 3 heterocycles.